The number of allylic oxidation sites excluding steroid dienone is 3. The van der Waals surface area contributed by atoms with Crippen LogP contribution in [-0.2, 0) is 0 Å². The lowest BCUT2D eigenvalue weighted by Crippen LogP contribution is -2.13. The molecule has 0 amide bonds. The molecule has 0 fully saturated rings. The van der Waals surface area contributed by atoms with Crippen LogP contribution in [0.15, 0.2) is 36.5 Å². The summed E-state index contributed by atoms with van der Waals surface area (Å²) in [5.74, 6) is 0. The lowest BCUT2D eigenvalue weighted by atomic mass is 10.2. The molecule has 14 heavy (non-hydrogen) atoms. The fraction of sp³-hybridized carbons (Fsp3) is 0.538. The molecule has 0 unspecified atom stereocenters. The number of hydrogen-bond donors (Lipinski definition) is 0. The van der Waals surface area contributed by atoms with Gasteiger partial charge in [-0.1, -0.05) is 51.2 Å². The van der Waals surface area contributed by atoms with Crippen molar-refractivity contribution in [3.63, 3.8) is 0 Å². The highest BCUT2D eigenvalue weighted by atomic mass is 15.0. The second kappa shape index (κ2) is 12.2. The first-order valence-electron chi connectivity index (χ1n) is 5.21. The van der Waals surface area contributed by atoms with Crippen LogP contribution in [0.5, 0.6) is 0 Å². The molecule has 1 heteroatoms. The Morgan fingerprint density at radius 2 is 1.79 bits per heavy atom. The lowest BCUT2D eigenvalue weighted by Gasteiger charge is -2.08. The molecule has 0 heterocycles. The molecule has 0 spiro atoms. The van der Waals surface area contributed by atoms with Crippen molar-refractivity contribution in [3.05, 3.63) is 36.5 Å². The summed E-state index contributed by atoms with van der Waals surface area (Å²) in [5, 5.41) is 0. The summed E-state index contributed by atoms with van der Waals surface area (Å²) in [5.41, 5.74) is 1.24. The zero-order valence-electron chi connectivity index (χ0n) is 10.4. The second-order valence-corrected chi connectivity index (χ2v) is 3.42. The third kappa shape index (κ3) is 13.7. The Bertz CT molecular complexity index is 176. The molecule has 0 N–H and O–H groups in total. The van der Waals surface area contributed by atoms with Crippen LogP contribution in [0.3, 0.4) is 0 Å². The summed E-state index contributed by atoms with van der Waals surface area (Å²) in [4.78, 5) is 2.12. The van der Waals surface area contributed by atoms with E-state index in [1.807, 2.05) is 39.2 Å². The first-order chi connectivity index (χ1) is 6.62. The van der Waals surface area contributed by atoms with Gasteiger partial charge < -0.3 is 4.90 Å². The molecule has 1 nitrogen and oxygen atoms in total. The van der Waals surface area contributed by atoms with Crippen molar-refractivity contribution < 1.29 is 0 Å². The van der Waals surface area contributed by atoms with E-state index in [1.165, 1.54) is 12.0 Å². The predicted octanol–water partition coefficient (Wildman–Crippen LogP) is 3.65. The number of nitrogens with zero attached hydrogens (tertiary/aromatic N) is 1. The lowest BCUT2D eigenvalue weighted by molar-refractivity contribution is 0.449. The number of likely N-dealkylation sites (N-methyl/N-ethyl adjacent to an activating group) is 1. The van der Waals surface area contributed by atoms with Gasteiger partial charge in [0.25, 0.3) is 0 Å². The second-order valence-electron chi connectivity index (χ2n) is 3.42. The van der Waals surface area contributed by atoms with Crippen molar-refractivity contribution in [3.8, 4) is 0 Å². The molecule has 0 rings (SSSR count). The van der Waals surface area contributed by atoms with Crippen molar-refractivity contribution in [2.45, 2.75) is 27.2 Å². The molecule has 0 aliphatic carbocycles. The highest BCUT2D eigenvalue weighted by Gasteiger charge is 1.91. The van der Waals surface area contributed by atoms with Crippen molar-refractivity contribution in [1.82, 2.24) is 4.90 Å². The van der Waals surface area contributed by atoms with Crippen LogP contribution in [0.2, 0.25) is 0 Å². The summed E-state index contributed by atoms with van der Waals surface area (Å²) in [6, 6.07) is 0. The zero-order valence-corrected chi connectivity index (χ0v) is 10.4. The van der Waals surface area contributed by atoms with Crippen LogP contribution >= 0.6 is 0 Å². The summed E-state index contributed by atoms with van der Waals surface area (Å²) >= 11 is 0. The van der Waals surface area contributed by atoms with Gasteiger partial charge in [0.05, 0.1) is 0 Å². The molecule has 0 aromatic heterocycles. The van der Waals surface area contributed by atoms with E-state index in [4.69, 9.17) is 0 Å². The van der Waals surface area contributed by atoms with Gasteiger partial charge in [-0.15, -0.1) is 0 Å². The van der Waals surface area contributed by atoms with E-state index in [1.54, 1.807) is 0 Å². The highest BCUT2D eigenvalue weighted by molar-refractivity contribution is 5.23. The first kappa shape index (κ1) is 15.6. The van der Waals surface area contributed by atoms with Crippen molar-refractivity contribution in [2.75, 3.05) is 20.6 Å². The Hall–Kier alpha value is -0.820. The maximum atomic E-state index is 3.74. The van der Waals surface area contributed by atoms with E-state index in [9.17, 15) is 0 Å². The number of rotatable bonds is 4. The van der Waals surface area contributed by atoms with Crippen molar-refractivity contribution in [2.24, 2.45) is 0 Å². The van der Waals surface area contributed by atoms with E-state index in [0.717, 1.165) is 6.54 Å². The quantitative estimate of drug-likeness (QED) is 0.619. The van der Waals surface area contributed by atoms with Crippen LogP contribution in [0.25, 0.3) is 0 Å². The molecule has 0 bridgehead atoms. The Morgan fingerprint density at radius 3 is 2.07 bits per heavy atom. The molecule has 0 aromatic carbocycles. The van der Waals surface area contributed by atoms with Gasteiger partial charge in [0.2, 0.25) is 0 Å². The third-order valence-corrected chi connectivity index (χ3v) is 1.26. The molecular formula is C13H25N. The summed E-state index contributed by atoms with van der Waals surface area (Å²) < 4.78 is 0. The van der Waals surface area contributed by atoms with Gasteiger partial charge in [0.1, 0.15) is 0 Å². The zero-order chi connectivity index (χ0) is 11.4. The Kier molecular flexibility index (Phi) is 13.6. The van der Waals surface area contributed by atoms with Gasteiger partial charge in [-0.3, -0.25) is 0 Å². The van der Waals surface area contributed by atoms with Crippen LogP contribution in [0, 0.1) is 0 Å². The van der Waals surface area contributed by atoms with Crippen LogP contribution < -0.4 is 0 Å². The highest BCUT2D eigenvalue weighted by Crippen LogP contribution is 1.97. The van der Waals surface area contributed by atoms with E-state index >= 15 is 0 Å². The molecule has 0 radical (unpaired) electrons. The van der Waals surface area contributed by atoms with Gasteiger partial charge in [-0.25, -0.2) is 0 Å². The van der Waals surface area contributed by atoms with Gasteiger partial charge in [-0.2, -0.15) is 0 Å². The third-order valence-electron chi connectivity index (χ3n) is 1.26. The van der Waals surface area contributed by atoms with E-state index in [0.29, 0.717) is 0 Å². The van der Waals surface area contributed by atoms with Crippen LogP contribution in [-0.4, -0.2) is 25.5 Å². The Morgan fingerprint density at radius 1 is 1.29 bits per heavy atom. The molecule has 0 saturated heterocycles. The molecule has 0 aliphatic rings. The van der Waals surface area contributed by atoms with E-state index in [2.05, 4.69) is 31.4 Å². The molecule has 0 saturated carbocycles. The fourth-order valence-corrected chi connectivity index (χ4v) is 0.770. The minimum absolute atomic E-state index is 0.952. The Labute approximate surface area is 89.8 Å². The van der Waals surface area contributed by atoms with Crippen LogP contribution in [0.1, 0.15) is 27.2 Å². The average molecular weight is 195 g/mol. The largest absolute Gasteiger partial charge is 0.305 e. The van der Waals surface area contributed by atoms with Crippen molar-refractivity contribution in [1.29, 1.82) is 0 Å². The minimum atomic E-state index is 0.952. The maximum absolute atomic E-state index is 3.74. The molecule has 0 aliphatic heterocycles. The van der Waals surface area contributed by atoms with Crippen LogP contribution in [0.4, 0.5) is 0 Å². The SMILES string of the molecule is C=C/C(=C\C=C/C)CN(C)C.CCC. The van der Waals surface area contributed by atoms with E-state index < -0.39 is 0 Å². The monoisotopic (exact) mass is 195 g/mol. The maximum Gasteiger partial charge on any atom is 0.0227 e. The van der Waals surface area contributed by atoms with Crippen molar-refractivity contribution >= 4 is 0 Å². The summed E-state index contributed by atoms with van der Waals surface area (Å²) in [6.07, 6.45) is 9.26. The summed E-state index contributed by atoms with van der Waals surface area (Å²) in [7, 11) is 4.10. The topological polar surface area (TPSA) is 3.24 Å². The number of hydrogen-bond acceptors (Lipinski definition) is 1. The minimum Gasteiger partial charge on any atom is -0.305 e. The standard InChI is InChI=1S/C10H17N.C3H8/c1-5-7-8-10(6-2)9-11(3)4;1-3-2/h5-8H,2,9H2,1,3-4H3;3H2,1-2H3/b7-5-,10-8+;. The molecule has 82 valence electrons. The Balaban J connectivity index is 0. The molecular weight excluding hydrogens is 170 g/mol. The first-order valence-corrected chi connectivity index (χ1v) is 5.21. The molecule has 0 aromatic rings. The fourth-order valence-electron chi connectivity index (χ4n) is 0.770. The normalized spacial score (nSPS) is 11.4. The van der Waals surface area contributed by atoms with Gasteiger partial charge in [0, 0.05) is 6.54 Å². The van der Waals surface area contributed by atoms with Gasteiger partial charge in [-0.05, 0) is 26.6 Å². The molecule has 0 atom stereocenters. The van der Waals surface area contributed by atoms with Gasteiger partial charge in [0.15, 0.2) is 0 Å². The van der Waals surface area contributed by atoms with E-state index in [-0.39, 0.29) is 0 Å². The smallest absolute Gasteiger partial charge is 0.0227 e. The van der Waals surface area contributed by atoms with Gasteiger partial charge >= 0.3 is 0 Å². The average Bonchev–Trinajstić information content (AvgIpc) is 2.13. The summed E-state index contributed by atoms with van der Waals surface area (Å²) in [6.45, 7) is 10.9. The predicted molar refractivity (Wildman–Crippen MR) is 67.6 cm³/mol.